The molecule has 0 spiro atoms. The van der Waals surface area contributed by atoms with Crippen LogP contribution in [0.15, 0.2) is 61.2 Å². The zero-order valence-corrected chi connectivity index (χ0v) is 16.1. The van der Waals surface area contributed by atoms with Crippen molar-refractivity contribution in [1.82, 2.24) is 0 Å². The summed E-state index contributed by atoms with van der Waals surface area (Å²) < 4.78 is 5.19. The van der Waals surface area contributed by atoms with Gasteiger partial charge in [0.05, 0.1) is 6.61 Å². The van der Waals surface area contributed by atoms with E-state index in [2.05, 4.69) is 61.2 Å². The third kappa shape index (κ3) is 5.08. The monoisotopic (exact) mass is 348 g/mol. The molecule has 1 nitrogen and oxygen atoms in total. The molecule has 0 unspecified atom stereocenters. The van der Waals surface area contributed by atoms with E-state index in [4.69, 9.17) is 4.74 Å². The summed E-state index contributed by atoms with van der Waals surface area (Å²) in [5.41, 5.74) is 5.32. The third-order valence-electron chi connectivity index (χ3n) is 5.85. The van der Waals surface area contributed by atoms with Gasteiger partial charge in [-0.25, -0.2) is 0 Å². The number of hydrogen-bond acceptors (Lipinski definition) is 1. The fourth-order valence-electron chi connectivity index (χ4n) is 4.24. The highest BCUT2D eigenvalue weighted by molar-refractivity contribution is 5.64. The average Bonchev–Trinajstić information content (AvgIpc) is 2.70. The Hall–Kier alpha value is -1.86. The molecule has 0 radical (unpaired) electrons. The van der Waals surface area contributed by atoms with Gasteiger partial charge < -0.3 is 4.74 Å². The second-order valence-electron chi connectivity index (χ2n) is 7.69. The molecular weight excluding hydrogens is 316 g/mol. The number of benzene rings is 2. The van der Waals surface area contributed by atoms with Gasteiger partial charge in [0.2, 0.25) is 0 Å². The molecule has 2 aromatic carbocycles. The summed E-state index contributed by atoms with van der Waals surface area (Å²) in [6.07, 6.45) is 11.4. The van der Waals surface area contributed by atoms with Crippen LogP contribution in [0, 0.1) is 5.92 Å². The van der Waals surface area contributed by atoms with Crippen molar-refractivity contribution in [2.24, 2.45) is 5.92 Å². The van der Waals surface area contributed by atoms with Gasteiger partial charge >= 0.3 is 0 Å². The highest BCUT2D eigenvalue weighted by atomic mass is 16.5. The van der Waals surface area contributed by atoms with Crippen LogP contribution in [0.5, 0.6) is 0 Å². The normalized spacial score (nSPS) is 20.0. The quantitative estimate of drug-likeness (QED) is 0.364. The van der Waals surface area contributed by atoms with Crippen molar-refractivity contribution in [1.29, 1.82) is 0 Å². The van der Waals surface area contributed by atoms with E-state index in [1.54, 1.807) is 7.11 Å². The minimum absolute atomic E-state index is 0.676. The molecule has 0 N–H and O–H groups in total. The number of allylic oxidation sites excluding steroid dienone is 1. The van der Waals surface area contributed by atoms with Crippen LogP contribution in [0.2, 0.25) is 0 Å². The lowest BCUT2D eigenvalue weighted by Gasteiger charge is -2.29. The molecule has 0 heterocycles. The van der Waals surface area contributed by atoms with Gasteiger partial charge in [-0.05, 0) is 72.6 Å². The SMILES string of the molecule is C=CCCCC1CCC(c2ccc(-c3ccc(COC)cc3)cc2)CC1. The van der Waals surface area contributed by atoms with Crippen molar-refractivity contribution in [2.75, 3.05) is 7.11 Å². The van der Waals surface area contributed by atoms with Gasteiger partial charge in [-0.15, -0.1) is 6.58 Å². The van der Waals surface area contributed by atoms with Crippen molar-refractivity contribution in [3.63, 3.8) is 0 Å². The smallest absolute Gasteiger partial charge is 0.0713 e. The molecule has 1 aliphatic carbocycles. The van der Waals surface area contributed by atoms with Gasteiger partial charge in [-0.1, -0.05) is 61.0 Å². The maximum Gasteiger partial charge on any atom is 0.0713 e. The van der Waals surface area contributed by atoms with Gasteiger partial charge in [-0.2, -0.15) is 0 Å². The Morgan fingerprint density at radius 3 is 2.12 bits per heavy atom. The minimum atomic E-state index is 0.676. The van der Waals surface area contributed by atoms with Crippen LogP contribution >= 0.6 is 0 Å². The Morgan fingerprint density at radius 1 is 0.923 bits per heavy atom. The van der Waals surface area contributed by atoms with E-state index in [9.17, 15) is 0 Å². The maximum absolute atomic E-state index is 5.19. The molecule has 1 saturated carbocycles. The Labute approximate surface area is 159 Å². The molecule has 1 heteroatoms. The van der Waals surface area contributed by atoms with E-state index in [1.807, 2.05) is 0 Å². The Balaban J connectivity index is 1.55. The van der Waals surface area contributed by atoms with Gasteiger partial charge in [0.15, 0.2) is 0 Å². The van der Waals surface area contributed by atoms with Crippen LogP contribution < -0.4 is 0 Å². The zero-order valence-electron chi connectivity index (χ0n) is 16.1. The number of rotatable bonds is 8. The zero-order chi connectivity index (χ0) is 18.2. The van der Waals surface area contributed by atoms with Gasteiger partial charge in [0.25, 0.3) is 0 Å². The van der Waals surface area contributed by atoms with E-state index < -0.39 is 0 Å². The Bertz CT molecular complexity index is 660. The van der Waals surface area contributed by atoms with Crippen LogP contribution in [-0.4, -0.2) is 7.11 Å². The molecular formula is C25H32O. The first-order valence-corrected chi connectivity index (χ1v) is 10.1. The predicted octanol–water partition coefficient (Wildman–Crippen LogP) is 7.13. The van der Waals surface area contributed by atoms with Crippen molar-refractivity contribution in [3.8, 4) is 11.1 Å². The first-order chi connectivity index (χ1) is 12.8. The highest BCUT2D eigenvalue weighted by Gasteiger charge is 2.21. The first kappa shape index (κ1) is 18.9. The van der Waals surface area contributed by atoms with Gasteiger partial charge in [-0.3, -0.25) is 0 Å². The molecule has 1 aliphatic rings. The van der Waals surface area contributed by atoms with Crippen molar-refractivity contribution < 1.29 is 4.74 Å². The second kappa shape index (κ2) is 9.73. The third-order valence-corrected chi connectivity index (χ3v) is 5.85. The maximum atomic E-state index is 5.19. The number of ether oxygens (including phenoxy) is 1. The summed E-state index contributed by atoms with van der Waals surface area (Å²) >= 11 is 0. The van der Waals surface area contributed by atoms with Crippen molar-refractivity contribution in [2.45, 2.75) is 57.5 Å². The number of unbranched alkanes of at least 4 members (excludes halogenated alkanes) is 1. The molecule has 26 heavy (non-hydrogen) atoms. The minimum Gasteiger partial charge on any atom is -0.380 e. The van der Waals surface area contributed by atoms with E-state index in [0.717, 1.165) is 11.8 Å². The predicted molar refractivity (Wildman–Crippen MR) is 111 cm³/mol. The molecule has 0 aromatic heterocycles. The lowest BCUT2D eigenvalue weighted by Crippen LogP contribution is -2.13. The fraction of sp³-hybridized carbons (Fsp3) is 0.440. The van der Waals surface area contributed by atoms with Crippen LogP contribution in [-0.2, 0) is 11.3 Å². The molecule has 0 aliphatic heterocycles. The standard InChI is InChI=1S/C25H32O/c1-3-4-5-6-20-7-11-22(12-8-20)24-15-17-25(18-16-24)23-13-9-21(10-14-23)19-26-2/h3,9-10,13-18,20,22H,1,4-8,11-12,19H2,2H3. The molecule has 0 saturated heterocycles. The van der Waals surface area contributed by atoms with Gasteiger partial charge in [0.1, 0.15) is 0 Å². The summed E-state index contributed by atoms with van der Waals surface area (Å²) in [5.74, 6) is 1.69. The van der Waals surface area contributed by atoms with Crippen molar-refractivity contribution >= 4 is 0 Å². The summed E-state index contributed by atoms with van der Waals surface area (Å²) in [5, 5.41) is 0. The molecule has 3 rings (SSSR count). The summed E-state index contributed by atoms with van der Waals surface area (Å²) in [6, 6.07) is 18.0. The van der Waals surface area contributed by atoms with Crippen LogP contribution in [0.25, 0.3) is 11.1 Å². The number of hydrogen-bond donors (Lipinski definition) is 0. The van der Waals surface area contributed by atoms with E-state index in [-0.39, 0.29) is 0 Å². The Kier molecular flexibility index (Phi) is 7.08. The summed E-state index contributed by atoms with van der Waals surface area (Å²) in [4.78, 5) is 0. The van der Waals surface area contributed by atoms with Crippen LogP contribution in [0.3, 0.4) is 0 Å². The lowest BCUT2D eigenvalue weighted by atomic mass is 9.77. The topological polar surface area (TPSA) is 9.23 Å². The molecule has 0 amide bonds. The van der Waals surface area contributed by atoms with Gasteiger partial charge in [0, 0.05) is 7.11 Å². The second-order valence-corrected chi connectivity index (χ2v) is 7.69. The summed E-state index contributed by atoms with van der Waals surface area (Å²) in [7, 11) is 1.74. The van der Waals surface area contributed by atoms with E-state index in [0.29, 0.717) is 6.61 Å². The van der Waals surface area contributed by atoms with Crippen LogP contribution in [0.1, 0.15) is 62.0 Å². The first-order valence-electron chi connectivity index (χ1n) is 10.1. The largest absolute Gasteiger partial charge is 0.380 e. The van der Waals surface area contributed by atoms with E-state index >= 15 is 0 Å². The van der Waals surface area contributed by atoms with E-state index in [1.165, 1.54) is 67.2 Å². The fourth-order valence-corrected chi connectivity index (χ4v) is 4.24. The highest BCUT2D eigenvalue weighted by Crippen LogP contribution is 2.38. The Morgan fingerprint density at radius 2 is 1.54 bits per heavy atom. The average molecular weight is 349 g/mol. The molecule has 0 bridgehead atoms. The molecule has 2 aromatic rings. The lowest BCUT2D eigenvalue weighted by molar-refractivity contribution is 0.185. The molecule has 1 fully saturated rings. The molecule has 0 atom stereocenters. The van der Waals surface area contributed by atoms with Crippen molar-refractivity contribution in [3.05, 3.63) is 72.3 Å². The molecule has 138 valence electrons. The number of methoxy groups -OCH3 is 1. The summed E-state index contributed by atoms with van der Waals surface area (Å²) in [6.45, 7) is 4.51. The van der Waals surface area contributed by atoms with Crippen LogP contribution in [0.4, 0.5) is 0 Å².